The van der Waals surface area contributed by atoms with Crippen LogP contribution in [-0.2, 0) is 6.61 Å². The van der Waals surface area contributed by atoms with E-state index >= 15 is 0 Å². The second-order valence-corrected chi connectivity index (χ2v) is 5.47. The molecule has 0 saturated carbocycles. The summed E-state index contributed by atoms with van der Waals surface area (Å²) in [6.45, 7) is 0.0123. The smallest absolute Gasteiger partial charge is 0.175 e. The molecule has 2 aromatic carbocycles. The van der Waals surface area contributed by atoms with Gasteiger partial charge in [0.2, 0.25) is 0 Å². The number of methoxy groups -OCH3 is 1. The third-order valence-corrected chi connectivity index (χ3v) is 3.60. The Balaban J connectivity index is 2.25. The molecule has 21 heavy (non-hydrogen) atoms. The van der Waals surface area contributed by atoms with E-state index < -0.39 is 5.82 Å². The zero-order valence-corrected chi connectivity index (χ0v) is 13.4. The molecule has 110 valence electrons. The van der Waals surface area contributed by atoms with Crippen LogP contribution in [0.25, 0.3) is 0 Å². The lowest BCUT2D eigenvalue weighted by molar-refractivity contribution is 0.112. The summed E-state index contributed by atoms with van der Waals surface area (Å²) in [5.41, 5.74) is 0.816. The minimum atomic E-state index is -0.442. The van der Waals surface area contributed by atoms with E-state index in [0.29, 0.717) is 38.4 Å². The highest BCUT2D eigenvalue weighted by Gasteiger charge is 2.13. The lowest BCUT2D eigenvalue weighted by atomic mass is 10.2. The molecular weight excluding hydrogens is 363 g/mol. The Morgan fingerprint density at radius 1 is 1.33 bits per heavy atom. The van der Waals surface area contributed by atoms with Crippen molar-refractivity contribution in [2.75, 3.05) is 7.11 Å². The summed E-state index contributed by atoms with van der Waals surface area (Å²) < 4.78 is 25.0. The molecule has 0 radical (unpaired) electrons. The average Bonchev–Trinajstić information content (AvgIpc) is 2.46. The molecule has 0 spiro atoms. The number of hydrogen-bond donors (Lipinski definition) is 0. The Hall–Kier alpha value is -1.59. The number of ether oxygens (including phenoxy) is 2. The maximum atomic E-state index is 13.7. The van der Waals surface area contributed by atoms with Gasteiger partial charge in [0.1, 0.15) is 18.7 Å². The topological polar surface area (TPSA) is 35.5 Å². The monoisotopic (exact) mass is 372 g/mol. The van der Waals surface area contributed by atoms with E-state index in [1.165, 1.54) is 13.2 Å². The van der Waals surface area contributed by atoms with Crippen LogP contribution >= 0.6 is 27.5 Å². The van der Waals surface area contributed by atoms with Crippen molar-refractivity contribution in [3.63, 3.8) is 0 Å². The number of rotatable bonds is 5. The maximum Gasteiger partial charge on any atom is 0.175 e. The van der Waals surface area contributed by atoms with Gasteiger partial charge in [-0.1, -0.05) is 17.7 Å². The van der Waals surface area contributed by atoms with E-state index in [1.54, 1.807) is 24.3 Å². The highest BCUT2D eigenvalue weighted by atomic mass is 79.9. The largest absolute Gasteiger partial charge is 0.493 e. The van der Waals surface area contributed by atoms with Crippen LogP contribution in [0.3, 0.4) is 0 Å². The number of carbonyl (C=O) groups excluding carboxylic acids is 1. The van der Waals surface area contributed by atoms with E-state index in [4.69, 9.17) is 21.1 Å². The molecule has 3 nitrogen and oxygen atoms in total. The summed E-state index contributed by atoms with van der Waals surface area (Å²) >= 11 is 9.00. The van der Waals surface area contributed by atoms with Crippen molar-refractivity contribution in [1.82, 2.24) is 0 Å². The van der Waals surface area contributed by atoms with Crippen molar-refractivity contribution < 1.29 is 18.7 Å². The number of aldehydes is 1. The first-order valence-electron chi connectivity index (χ1n) is 5.94. The molecule has 0 fully saturated rings. The average molecular weight is 374 g/mol. The summed E-state index contributed by atoms with van der Waals surface area (Å²) in [6, 6.07) is 7.51. The van der Waals surface area contributed by atoms with E-state index in [0.717, 1.165) is 0 Å². The van der Waals surface area contributed by atoms with Gasteiger partial charge in [-0.15, -0.1) is 0 Å². The molecule has 0 amide bonds. The maximum absolute atomic E-state index is 13.7. The van der Waals surface area contributed by atoms with Crippen molar-refractivity contribution >= 4 is 33.8 Å². The molecule has 0 unspecified atom stereocenters. The molecule has 0 bridgehead atoms. The normalized spacial score (nSPS) is 10.3. The van der Waals surface area contributed by atoms with Crippen molar-refractivity contribution in [2.24, 2.45) is 0 Å². The molecule has 0 atom stereocenters. The Bertz CT molecular complexity index is 676. The van der Waals surface area contributed by atoms with Gasteiger partial charge in [-0.2, -0.15) is 0 Å². The van der Waals surface area contributed by atoms with Gasteiger partial charge in [0, 0.05) is 16.1 Å². The summed E-state index contributed by atoms with van der Waals surface area (Å²) in [7, 11) is 1.46. The van der Waals surface area contributed by atoms with Gasteiger partial charge in [-0.3, -0.25) is 4.79 Å². The van der Waals surface area contributed by atoms with Crippen molar-refractivity contribution in [3.05, 3.63) is 56.8 Å². The van der Waals surface area contributed by atoms with Gasteiger partial charge in [0.15, 0.2) is 11.5 Å². The van der Waals surface area contributed by atoms with Crippen LogP contribution in [-0.4, -0.2) is 13.4 Å². The van der Waals surface area contributed by atoms with Gasteiger partial charge in [0.05, 0.1) is 11.6 Å². The van der Waals surface area contributed by atoms with Crippen molar-refractivity contribution in [3.8, 4) is 11.5 Å². The summed E-state index contributed by atoms with van der Waals surface area (Å²) in [5.74, 6) is 0.348. The van der Waals surface area contributed by atoms with Gasteiger partial charge in [-0.05, 0) is 40.2 Å². The zero-order chi connectivity index (χ0) is 15.4. The fourth-order valence-corrected chi connectivity index (χ4v) is 2.47. The number of hydrogen-bond acceptors (Lipinski definition) is 3. The first-order chi connectivity index (χ1) is 10.0. The molecule has 2 aromatic rings. The predicted octanol–water partition coefficient (Wildman–Crippen LogP) is 4.64. The summed E-state index contributed by atoms with van der Waals surface area (Å²) in [5, 5.41) is 0.324. The molecular formula is C15H11BrClFO3. The third kappa shape index (κ3) is 3.74. The van der Waals surface area contributed by atoms with E-state index in [1.807, 2.05) is 0 Å². The van der Waals surface area contributed by atoms with Crippen LogP contribution in [0.2, 0.25) is 5.02 Å². The Morgan fingerprint density at radius 3 is 2.71 bits per heavy atom. The summed E-state index contributed by atoms with van der Waals surface area (Å²) in [4.78, 5) is 10.8. The third-order valence-electron chi connectivity index (χ3n) is 2.77. The van der Waals surface area contributed by atoms with E-state index in [2.05, 4.69) is 15.9 Å². The fourth-order valence-electron chi connectivity index (χ4n) is 1.74. The Labute approximate surface area is 134 Å². The first kappa shape index (κ1) is 15.8. The molecule has 0 aliphatic rings. The molecule has 0 heterocycles. The van der Waals surface area contributed by atoms with E-state index in [9.17, 15) is 9.18 Å². The predicted molar refractivity (Wildman–Crippen MR) is 81.8 cm³/mol. The van der Waals surface area contributed by atoms with Crippen LogP contribution in [0.4, 0.5) is 4.39 Å². The molecule has 2 rings (SSSR count). The van der Waals surface area contributed by atoms with Crippen LogP contribution in [0.1, 0.15) is 15.9 Å². The quantitative estimate of drug-likeness (QED) is 0.716. The Morgan fingerprint density at radius 2 is 2.10 bits per heavy atom. The number of carbonyl (C=O) groups is 1. The first-order valence-corrected chi connectivity index (χ1v) is 7.11. The van der Waals surface area contributed by atoms with Crippen molar-refractivity contribution in [1.29, 1.82) is 0 Å². The minimum absolute atomic E-state index is 0.0123. The fraction of sp³-hybridized carbons (Fsp3) is 0.133. The molecule has 0 aliphatic heterocycles. The highest BCUT2D eigenvalue weighted by molar-refractivity contribution is 9.10. The van der Waals surface area contributed by atoms with Gasteiger partial charge >= 0.3 is 0 Å². The Kier molecular flexibility index (Phi) is 5.20. The number of halogens is 3. The van der Waals surface area contributed by atoms with E-state index in [-0.39, 0.29) is 6.61 Å². The summed E-state index contributed by atoms with van der Waals surface area (Å²) in [6.07, 6.45) is 0.704. The standard InChI is InChI=1S/C15H11BrClFO3/c1-20-14-5-9(7-19)4-12(16)15(14)21-8-10-2-3-11(17)6-13(10)18/h2-7H,8H2,1H3. The molecule has 0 aliphatic carbocycles. The van der Waals surface area contributed by atoms with Gasteiger partial charge in [-0.25, -0.2) is 4.39 Å². The van der Waals surface area contributed by atoms with Crippen LogP contribution in [0.5, 0.6) is 11.5 Å². The highest BCUT2D eigenvalue weighted by Crippen LogP contribution is 2.37. The van der Waals surface area contributed by atoms with Crippen LogP contribution in [0.15, 0.2) is 34.8 Å². The second-order valence-electron chi connectivity index (χ2n) is 4.18. The van der Waals surface area contributed by atoms with Crippen molar-refractivity contribution in [2.45, 2.75) is 6.61 Å². The molecule has 0 aromatic heterocycles. The van der Waals surface area contributed by atoms with Crippen LogP contribution in [0, 0.1) is 5.82 Å². The SMILES string of the molecule is COc1cc(C=O)cc(Br)c1OCc1ccc(Cl)cc1F. The zero-order valence-electron chi connectivity index (χ0n) is 11.0. The molecule has 6 heteroatoms. The van der Waals surface area contributed by atoms with Crippen LogP contribution < -0.4 is 9.47 Å². The lowest BCUT2D eigenvalue weighted by Crippen LogP contribution is -2.01. The second kappa shape index (κ2) is 6.91. The van der Waals surface area contributed by atoms with Gasteiger partial charge < -0.3 is 9.47 Å². The molecule has 0 saturated heterocycles. The lowest BCUT2D eigenvalue weighted by Gasteiger charge is -2.13. The van der Waals surface area contributed by atoms with Gasteiger partial charge in [0.25, 0.3) is 0 Å². The number of benzene rings is 2. The minimum Gasteiger partial charge on any atom is -0.493 e. The molecule has 0 N–H and O–H groups in total.